The molecule has 2 aromatic carbocycles. The standard InChI is InChI=1S/C39H41ClF2N8O2S/c40-31-8-2-6-26-5-1-7-29(33(26)31)35-34(42)36-30(22-44-35)37(46-38(45-36)52-25-39-11-4-14-49(39)23-27(41)21-39)48-15-16-50(28(24-48)10-12-43)32(51)9-3-13-47-17-19-53-20-18-47/h1-3,5-9,22,27-28H,4,10-11,13-21,23-25H2/b9-3+/t27-,28+,39+/m1/s1. The number of rotatable bonds is 9. The molecule has 53 heavy (non-hydrogen) atoms. The zero-order valence-electron chi connectivity index (χ0n) is 29.4. The van der Waals surface area contributed by atoms with E-state index in [-0.39, 0.29) is 36.2 Å². The van der Waals surface area contributed by atoms with Crippen molar-refractivity contribution >= 4 is 56.8 Å². The number of benzene rings is 2. The highest BCUT2D eigenvalue weighted by Gasteiger charge is 2.49. The molecule has 0 spiro atoms. The molecule has 0 bridgehead atoms. The van der Waals surface area contributed by atoms with E-state index in [0.717, 1.165) is 49.4 Å². The lowest BCUT2D eigenvalue weighted by atomic mass is 9.95. The van der Waals surface area contributed by atoms with Gasteiger partial charge < -0.3 is 14.5 Å². The lowest BCUT2D eigenvalue weighted by Crippen LogP contribution is -2.55. The predicted octanol–water partition coefficient (Wildman–Crippen LogP) is 6.13. The van der Waals surface area contributed by atoms with Gasteiger partial charge in [-0.05, 0) is 30.8 Å². The van der Waals surface area contributed by atoms with Gasteiger partial charge in [-0.15, -0.1) is 0 Å². The Kier molecular flexibility index (Phi) is 10.4. The van der Waals surface area contributed by atoms with Gasteiger partial charge in [0, 0.05) is 92.0 Å². The molecule has 0 N–H and O–H groups in total. The van der Waals surface area contributed by atoms with Crippen LogP contribution in [0.3, 0.4) is 0 Å². The molecular weight excluding hydrogens is 718 g/mol. The lowest BCUT2D eigenvalue weighted by molar-refractivity contribution is -0.128. The SMILES string of the molecule is N#CC[C@H]1CN(c2nc(OC[C@@]34CCCN3C[C@H](F)C4)nc3c(F)c(-c4cccc5cccc(Cl)c45)ncc23)CCN1C(=O)/C=C/CN1CCSCC1. The number of nitriles is 1. The van der Waals surface area contributed by atoms with Crippen LogP contribution in [0.5, 0.6) is 6.01 Å². The van der Waals surface area contributed by atoms with E-state index in [1.807, 2.05) is 47.0 Å². The van der Waals surface area contributed by atoms with Crippen LogP contribution in [0.1, 0.15) is 25.7 Å². The third-order valence-electron chi connectivity index (χ3n) is 11.1. The second-order valence-corrected chi connectivity index (χ2v) is 16.0. The van der Waals surface area contributed by atoms with Crippen LogP contribution >= 0.6 is 23.4 Å². The van der Waals surface area contributed by atoms with Gasteiger partial charge in [0.05, 0.1) is 29.5 Å². The summed E-state index contributed by atoms with van der Waals surface area (Å²) in [5.41, 5.74) is 0.202. The second kappa shape index (κ2) is 15.3. The average molecular weight is 759 g/mol. The molecule has 0 unspecified atom stereocenters. The molecule has 0 saturated carbocycles. The van der Waals surface area contributed by atoms with Crippen LogP contribution in [-0.4, -0.2) is 124 Å². The highest BCUT2D eigenvalue weighted by Crippen LogP contribution is 2.41. The molecule has 4 saturated heterocycles. The number of piperazine rings is 1. The highest BCUT2D eigenvalue weighted by molar-refractivity contribution is 7.99. The minimum atomic E-state index is -0.930. The molecule has 3 atom stereocenters. The quantitative estimate of drug-likeness (QED) is 0.186. The van der Waals surface area contributed by atoms with Gasteiger partial charge in [-0.1, -0.05) is 48.0 Å². The van der Waals surface area contributed by atoms with Crippen molar-refractivity contribution in [3.63, 3.8) is 0 Å². The summed E-state index contributed by atoms with van der Waals surface area (Å²) in [5.74, 6) is 1.81. The number of amides is 1. The van der Waals surface area contributed by atoms with Crippen molar-refractivity contribution in [1.82, 2.24) is 29.7 Å². The average Bonchev–Trinajstić information content (AvgIpc) is 3.70. The maximum Gasteiger partial charge on any atom is 0.319 e. The fourth-order valence-corrected chi connectivity index (χ4v) is 9.72. The molecule has 4 aromatic rings. The molecule has 2 aromatic heterocycles. The monoisotopic (exact) mass is 758 g/mol. The normalized spacial score (nSPS) is 24.0. The molecule has 0 aliphatic carbocycles. The number of carbonyl (C=O) groups excluding carboxylic acids is 1. The first-order valence-corrected chi connectivity index (χ1v) is 19.8. The van der Waals surface area contributed by atoms with Crippen LogP contribution in [0.25, 0.3) is 32.9 Å². The summed E-state index contributed by atoms with van der Waals surface area (Å²) in [6, 6.07) is 12.9. The van der Waals surface area contributed by atoms with E-state index < -0.39 is 23.6 Å². The largest absolute Gasteiger partial charge is 0.461 e. The molecular formula is C39H41ClF2N8O2S. The lowest BCUT2D eigenvalue weighted by Gasteiger charge is -2.41. The van der Waals surface area contributed by atoms with E-state index in [2.05, 4.69) is 25.8 Å². The summed E-state index contributed by atoms with van der Waals surface area (Å²) in [6.07, 6.45) is 6.41. The number of anilines is 1. The Morgan fingerprint density at radius 1 is 1.11 bits per heavy atom. The van der Waals surface area contributed by atoms with Gasteiger partial charge in [-0.25, -0.2) is 8.78 Å². The van der Waals surface area contributed by atoms with E-state index in [1.165, 1.54) is 0 Å². The Hall–Kier alpha value is -4.09. The topological polar surface area (TPSA) is 102 Å². The number of halogens is 3. The van der Waals surface area contributed by atoms with Gasteiger partial charge >= 0.3 is 6.01 Å². The van der Waals surface area contributed by atoms with Crippen LogP contribution < -0.4 is 9.64 Å². The third-order valence-corrected chi connectivity index (χ3v) is 12.4. The Morgan fingerprint density at radius 3 is 2.77 bits per heavy atom. The first-order chi connectivity index (χ1) is 25.8. The second-order valence-electron chi connectivity index (χ2n) is 14.3. The van der Waals surface area contributed by atoms with E-state index in [1.54, 1.807) is 29.3 Å². The van der Waals surface area contributed by atoms with Gasteiger partial charge in [-0.3, -0.25) is 19.6 Å². The van der Waals surface area contributed by atoms with E-state index in [9.17, 15) is 14.4 Å². The summed E-state index contributed by atoms with van der Waals surface area (Å²) < 4.78 is 37.8. The van der Waals surface area contributed by atoms with E-state index in [0.29, 0.717) is 66.3 Å². The van der Waals surface area contributed by atoms with Crippen molar-refractivity contribution in [3.05, 3.63) is 65.6 Å². The third kappa shape index (κ3) is 7.14. The molecule has 4 aliphatic rings. The number of fused-ring (bicyclic) bond motifs is 3. The molecule has 8 rings (SSSR count). The molecule has 276 valence electrons. The maximum atomic E-state index is 16.9. The number of hydrogen-bond acceptors (Lipinski definition) is 10. The number of aromatic nitrogens is 3. The minimum absolute atomic E-state index is 0.0163. The number of nitrogens with zero attached hydrogens (tertiary/aromatic N) is 8. The first kappa shape index (κ1) is 35.9. The van der Waals surface area contributed by atoms with Gasteiger partial charge in [0.15, 0.2) is 5.82 Å². The summed E-state index contributed by atoms with van der Waals surface area (Å²) in [5, 5.41) is 12.2. The molecule has 10 nitrogen and oxygen atoms in total. The highest BCUT2D eigenvalue weighted by atomic mass is 35.5. The molecule has 14 heteroatoms. The van der Waals surface area contributed by atoms with Gasteiger partial charge in [-0.2, -0.15) is 27.0 Å². The summed E-state index contributed by atoms with van der Waals surface area (Å²) in [7, 11) is 0. The predicted molar refractivity (Wildman–Crippen MR) is 205 cm³/mol. The smallest absolute Gasteiger partial charge is 0.319 e. The molecule has 0 radical (unpaired) electrons. The Labute approximate surface area is 316 Å². The first-order valence-electron chi connectivity index (χ1n) is 18.3. The van der Waals surface area contributed by atoms with Crippen LogP contribution in [0.4, 0.5) is 14.6 Å². The minimum Gasteiger partial charge on any atom is -0.461 e. The number of alkyl halides is 1. The van der Waals surface area contributed by atoms with Crippen molar-refractivity contribution in [3.8, 4) is 23.3 Å². The number of hydrogen-bond donors (Lipinski definition) is 0. The summed E-state index contributed by atoms with van der Waals surface area (Å²) >= 11 is 8.58. The molecule has 1 amide bonds. The number of ether oxygens (including phenoxy) is 1. The summed E-state index contributed by atoms with van der Waals surface area (Å²) in [6.45, 7) is 5.10. The van der Waals surface area contributed by atoms with Crippen molar-refractivity contribution in [2.24, 2.45) is 0 Å². The van der Waals surface area contributed by atoms with E-state index >= 15 is 4.39 Å². The summed E-state index contributed by atoms with van der Waals surface area (Å²) in [4.78, 5) is 35.7. The fraction of sp³-hybridized carbons (Fsp3) is 0.462. The molecule has 4 fully saturated rings. The van der Waals surface area contributed by atoms with Gasteiger partial charge in [0.25, 0.3) is 0 Å². The van der Waals surface area contributed by atoms with Gasteiger partial charge in [0.2, 0.25) is 5.91 Å². The zero-order valence-corrected chi connectivity index (χ0v) is 31.0. The van der Waals surface area contributed by atoms with Crippen molar-refractivity contribution in [2.45, 2.75) is 43.4 Å². The van der Waals surface area contributed by atoms with Gasteiger partial charge in [0.1, 0.15) is 29.8 Å². The van der Waals surface area contributed by atoms with Crippen LogP contribution in [0.2, 0.25) is 5.02 Å². The van der Waals surface area contributed by atoms with Crippen molar-refractivity contribution < 1.29 is 18.3 Å². The van der Waals surface area contributed by atoms with Crippen LogP contribution in [-0.2, 0) is 4.79 Å². The Balaban J connectivity index is 1.13. The molecule has 6 heterocycles. The van der Waals surface area contributed by atoms with E-state index in [4.69, 9.17) is 21.3 Å². The zero-order chi connectivity index (χ0) is 36.5. The van der Waals surface area contributed by atoms with Crippen LogP contribution in [0, 0.1) is 17.1 Å². The Bertz CT molecular complexity index is 2090. The number of thioether (sulfide) groups is 1. The maximum absolute atomic E-state index is 16.9. The fourth-order valence-electron chi connectivity index (χ4n) is 8.46. The number of carbonyl (C=O) groups is 1. The van der Waals surface area contributed by atoms with Crippen molar-refractivity contribution in [1.29, 1.82) is 5.26 Å². The number of pyridine rings is 1. The van der Waals surface area contributed by atoms with Crippen LogP contribution in [0.15, 0.2) is 54.7 Å². The molecule has 4 aliphatic heterocycles. The van der Waals surface area contributed by atoms with Crippen molar-refractivity contribution in [2.75, 3.05) is 75.4 Å². The Morgan fingerprint density at radius 2 is 1.94 bits per heavy atom.